The number of hydrogen-bond donors (Lipinski definition) is 4. The number of rotatable bonds is 17. The van der Waals surface area contributed by atoms with Gasteiger partial charge in [0.2, 0.25) is 11.8 Å². The molecule has 0 bridgehead atoms. The summed E-state index contributed by atoms with van der Waals surface area (Å²) in [4.78, 5) is 82.3. The molecule has 4 amide bonds. The number of piperazine rings is 1. The smallest absolute Gasteiger partial charge is 0.293 e. The van der Waals surface area contributed by atoms with E-state index in [2.05, 4.69) is 77.0 Å². The van der Waals surface area contributed by atoms with Gasteiger partial charge in [0.05, 0.1) is 21.6 Å². The van der Waals surface area contributed by atoms with Crippen molar-refractivity contribution in [1.29, 1.82) is 0 Å². The molecule has 86 heavy (non-hydrogen) atoms. The highest BCUT2D eigenvalue weighted by molar-refractivity contribution is 7.90. The molecule has 4 fully saturated rings. The number of halogens is 1. The van der Waals surface area contributed by atoms with Gasteiger partial charge in [-0.1, -0.05) is 55.3 Å². The van der Waals surface area contributed by atoms with E-state index in [1.54, 1.807) is 35.4 Å². The van der Waals surface area contributed by atoms with E-state index in [1.165, 1.54) is 35.0 Å². The van der Waals surface area contributed by atoms with Gasteiger partial charge in [0.25, 0.3) is 27.5 Å². The zero-order valence-electron chi connectivity index (χ0n) is 48.5. The number of H-pyrrole nitrogens is 1. The Hall–Kier alpha value is -7.69. The molecule has 6 aromatic rings. The van der Waals surface area contributed by atoms with Gasteiger partial charge >= 0.3 is 0 Å². The second-order valence-electron chi connectivity index (χ2n) is 24.6. The number of nitrogens with zero attached hydrogens (tertiary/aromatic N) is 7. The summed E-state index contributed by atoms with van der Waals surface area (Å²) in [7, 11) is -4.63. The van der Waals surface area contributed by atoms with E-state index in [-0.39, 0.29) is 46.6 Å². The lowest BCUT2D eigenvalue weighted by Gasteiger charge is -2.42. The van der Waals surface area contributed by atoms with Crippen molar-refractivity contribution in [3.8, 4) is 11.5 Å². The quantitative estimate of drug-likeness (QED) is 0.0378. The van der Waals surface area contributed by atoms with Crippen LogP contribution in [0.4, 0.5) is 17.1 Å². The number of anilines is 2. The SMILES string of the molecule is CC1(C)CCC(CN2CCN(c3ccc(C(=O)NS(=O)(=O)c4ccc(NCC5CCN(C6CCN(Cc7cccc8c7CN(C7CCC(=O)NC7=O)C8=O)CC6)CC5)c([N+](=O)[O-])c4)c(Oc4cnc5[nH]ccc5c4)c3)CC2)=C(c2ccc(Cl)cc2)C1. The molecule has 12 rings (SSSR count). The van der Waals surface area contributed by atoms with E-state index in [0.717, 1.165) is 124 Å². The Bertz CT molecular complexity index is 3750. The van der Waals surface area contributed by atoms with Crippen LogP contribution in [0, 0.1) is 21.4 Å². The van der Waals surface area contributed by atoms with Crippen molar-refractivity contribution in [2.75, 3.05) is 75.7 Å². The molecule has 0 radical (unpaired) electrons. The Morgan fingerprint density at radius 3 is 2.38 bits per heavy atom. The van der Waals surface area contributed by atoms with Crippen LogP contribution in [0.25, 0.3) is 16.6 Å². The number of sulfonamides is 1. The van der Waals surface area contributed by atoms with Crippen LogP contribution in [0.5, 0.6) is 11.5 Å². The second-order valence-corrected chi connectivity index (χ2v) is 26.8. The van der Waals surface area contributed by atoms with Crippen molar-refractivity contribution >= 4 is 78.9 Å². The topological polar surface area (TPSA) is 236 Å². The van der Waals surface area contributed by atoms with Crippen molar-refractivity contribution in [3.63, 3.8) is 0 Å². The van der Waals surface area contributed by atoms with E-state index in [1.807, 2.05) is 30.3 Å². The Labute approximate surface area is 505 Å². The zero-order valence-corrected chi connectivity index (χ0v) is 50.1. The number of imide groups is 1. The molecule has 1 unspecified atom stereocenters. The minimum atomic E-state index is -4.63. The number of carbonyl (C=O) groups excluding carboxylic acids is 4. The standard InChI is InChI=1S/C64H72ClN11O9S/c1-64(2)22-16-45(53(35-64)42-6-8-46(65)9-7-42)39-72-28-30-74(31-29-72)48-10-12-52(58(33-48)85-49-32-43-17-23-66-60(43)68-37-49)61(78)70-86(83,84)50-11-13-55(57(34-50)76(81)82)67-36-41-18-26-73(27-19-41)47-20-24-71(25-21-47)38-44-4-3-5-51-54(44)40-75(63(51)80)56-14-15-59(77)69-62(56)79/h3-13,17,23,32-34,37,41,47,56,67H,14-16,18-22,24-31,35-36,38-40H2,1-2H3,(H,66,68)(H,70,78)(H,69,77,79). The first-order valence-corrected chi connectivity index (χ1v) is 31.8. The predicted octanol–water partition coefficient (Wildman–Crippen LogP) is 9.37. The number of pyridine rings is 1. The molecule has 6 aliphatic rings. The largest absolute Gasteiger partial charge is 0.455 e. The Morgan fingerprint density at radius 2 is 1.63 bits per heavy atom. The summed E-state index contributed by atoms with van der Waals surface area (Å²) in [5.74, 6) is -1.17. The van der Waals surface area contributed by atoms with E-state index >= 15 is 0 Å². The molecular weight excluding hydrogens is 1130 g/mol. The highest BCUT2D eigenvalue weighted by atomic mass is 35.5. The molecule has 22 heteroatoms. The summed E-state index contributed by atoms with van der Waals surface area (Å²) in [6, 6.07) is 26.1. The number of nitrogens with one attached hydrogen (secondary N) is 4. The summed E-state index contributed by atoms with van der Waals surface area (Å²) < 4.78 is 36.6. The number of piperidine rings is 3. The number of ether oxygens (including phenoxy) is 1. The number of amides is 4. The molecule has 4 N–H and O–H groups in total. The first-order chi connectivity index (χ1) is 41.4. The van der Waals surface area contributed by atoms with Gasteiger partial charge < -0.3 is 29.7 Å². The molecule has 4 aromatic carbocycles. The van der Waals surface area contributed by atoms with Crippen LogP contribution in [0.3, 0.4) is 0 Å². The highest BCUT2D eigenvalue weighted by Crippen LogP contribution is 2.44. The van der Waals surface area contributed by atoms with Gasteiger partial charge in [-0.3, -0.25) is 44.4 Å². The Morgan fingerprint density at radius 1 is 0.860 bits per heavy atom. The summed E-state index contributed by atoms with van der Waals surface area (Å²) in [6.45, 7) is 13.6. The maximum Gasteiger partial charge on any atom is 0.293 e. The van der Waals surface area contributed by atoms with Crippen LogP contribution in [0.1, 0.15) is 109 Å². The number of fused-ring (bicyclic) bond motifs is 2. The molecular formula is C64H72ClN11O9S. The average Bonchev–Trinajstić information content (AvgIpc) is 2.51. The minimum Gasteiger partial charge on any atom is -0.455 e. The van der Waals surface area contributed by atoms with E-state index < -0.39 is 43.4 Å². The highest BCUT2D eigenvalue weighted by Gasteiger charge is 2.41. The molecule has 4 saturated heterocycles. The summed E-state index contributed by atoms with van der Waals surface area (Å²) in [6.07, 6.45) is 10.7. The third-order valence-corrected chi connectivity index (χ3v) is 20.0. The number of likely N-dealkylation sites (tertiary alicyclic amines) is 2. The molecule has 7 heterocycles. The fourth-order valence-corrected chi connectivity index (χ4v) is 14.6. The van der Waals surface area contributed by atoms with Gasteiger partial charge in [0.15, 0.2) is 0 Å². The van der Waals surface area contributed by atoms with Crippen LogP contribution >= 0.6 is 11.6 Å². The summed E-state index contributed by atoms with van der Waals surface area (Å²) in [5, 5.41) is 19.7. The minimum absolute atomic E-state index is 0.0513. The van der Waals surface area contributed by atoms with Crippen LogP contribution < -0.4 is 25.0 Å². The zero-order chi connectivity index (χ0) is 59.9. The van der Waals surface area contributed by atoms with E-state index in [0.29, 0.717) is 62.1 Å². The lowest BCUT2D eigenvalue weighted by atomic mass is 9.72. The molecule has 1 atom stereocenters. The number of allylic oxidation sites excluding steroid dienone is 1. The van der Waals surface area contributed by atoms with Crippen LogP contribution in [-0.2, 0) is 32.7 Å². The normalized spacial score (nSPS) is 20.3. The molecule has 1 aliphatic carbocycles. The molecule has 0 spiro atoms. The average molecular weight is 1210 g/mol. The van der Waals surface area contributed by atoms with Gasteiger partial charge in [0, 0.05) is 105 Å². The van der Waals surface area contributed by atoms with Crippen molar-refractivity contribution in [1.82, 2.24) is 39.6 Å². The van der Waals surface area contributed by atoms with Crippen LogP contribution in [-0.4, -0.2) is 144 Å². The number of aromatic nitrogens is 2. The molecule has 5 aliphatic heterocycles. The maximum absolute atomic E-state index is 14.2. The molecule has 0 saturated carbocycles. The van der Waals surface area contributed by atoms with Crippen molar-refractivity contribution < 1.29 is 37.3 Å². The Balaban J connectivity index is 0.653. The molecule has 450 valence electrons. The second kappa shape index (κ2) is 24.6. The lowest BCUT2D eigenvalue weighted by Crippen LogP contribution is -2.52. The van der Waals surface area contributed by atoms with Crippen LogP contribution in [0.2, 0.25) is 5.02 Å². The van der Waals surface area contributed by atoms with E-state index in [4.69, 9.17) is 16.3 Å². The number of nitro benzene ring substituents is 1. The van der Waals surface area contributed by atoms with Crippen LogP contribution in [0.15, 0.2) is 114 Å². The number of hydrogen-bond acceptors (Lipinski definition) is 15. The first-order valence-electron chi connectivity index (χ1n) is 29.9. The van der Waals surface area contributed by atoms with Gasteiger partial charge in [-0.15, -0.1) is 0 Å². The number of carbonyl (C=O) groups is 4. The van der Waals surface area contributed by atoms with Gasteiger partial charge in [-0.05, 0) is 166 Å². The third-order valence-electron chi connectivity index (χ3n) is 18.4. The number of benzene rings is 4. The summed E-state index contributed by atoms with van der Waals surface area (Å²) in [5.41, 5.74) is 8.10. The summed E-state index contributed by atoms with van der Waals surface area (Å²) >= 11 is 6.28. The molecule has 2 aromatic heterocycles. The lowest BCUT2D eigenvalue weighted by molar-refractivity contribution is -0.384. The fraction of sp³-hybridized carbons (Fsp3) is 0.422. The third kappa shape index (κ3) is 12.9. The predicted molar refractivity (Wildman–Crippen MR) is 329 cm³/mol. The fourth-order valence-electron chi connectivity index (χ4n) is 13.5. The maximum atomic E-state index is 14.2. The van der Waals surface area contributed by atoms with Gasteiger partial charge in [-0.25, -0.2) is 18.1 Å². The van der Waals surface area contributed by atoms with Gasteiger partial charge in [0.1, 0.15) is 28.9 Å². The number of aromatic amines is 1. The number of nitro groups is 1. The first kappa shape index (κ1) is 58.7. The van der Waals surface area contributed by atoms with E-state index in [9.17, 15) is 37.7 Å². The molecule has 20 nitrogen and oxygen atoms in total. The Kier molecular flexibility index (Phi) is 16.8. The van der Waals surface area contributed by atoms with Crippen molar-refractivity contribution in [3.05, 3.63) is 152 Å². The monoisotopic (exact) mass is 1210 g/mol. The van der Waals surface area contributed by atoms with Crippen molar-refractivity contribution in [2.24, 2.45) is 11.3 Å². The van der Waals surface area contributed by atoms with Gasteiger partial charge in [-0.2, -0.15) is 0 Å². The van der Waals surface area contributed by atoms with Crippen molar-refractivity contribution in [2.45, 2.75) is 102 Å².